The van der Waals surface area contributed by atoms with Crippen molar-refractivity contribution < 1.29 is 269 Å². The molecule has 0 rings (SSSR count). The summed E-state index contributed by atoms with van der Waals surface area (Å²) in [5, 5.41) is 0. The fourth-order valence-electron chi connectivity index (χ4n) is 0. The Morgan fingerprint density at radius 3 is 1.00 bits per heavy atom. The van der Waals surface area contributed by atoms with E-state index < -0.39 is 24.7 Å². The first-order chi connectivity index (χ1) is 3.15. The van der Waals surface area contributed by atoms with Crippen molar-refractivity contribution in [2.45, 2.75) is 0 Å². The Morgan fingerprint density at radius 2 is 1.00 bits per heavy atom. The summed E-state index contributed by atoms with van der Waals surface area (Å²) in [7, 11) is -3.63. The van der Waals surface area contributed by atoms with Gasteiger partial charge >= 0.3 is 266 Å². The zero-order valence-corrected chi connectivity index (χ0v) is 26.6. The Hall–Kier alpha value is 7.66. The molecule has 0 aromatic heterocycles. The second kappa shape index (κ2) is 50.4. The Balaban J connectivity index is -0.00000000224. The summed E-state index contributed by atoms with van der Waals surface area (Å²) in [6, 6.07) is 0. The van der Waals surface area contributed by atoms with Crippen LogP contribution in [0, 0.1) is 0 Å². The molecule has 0 aliphatic carbocycles. The molecule has 0 saturated heterocycles. The predicted octanol–water partition coefficient (Wildman–Crippen LogP) is -22.2. The molecule has 0 aromatic rings. The van der Waals surface area contributed by atoms with Crippen LogP contribution in [0.2, 0.25) is 0 Å². The van der Waals surface area contributed by atoms with Crippen LogP contribution >= 0.6 is 0 Å². The third-order valence-electron chi connectivity index (χ3n) is 0. The molecule has 0 aromatic carbocycles. The molecule has 0 heterocycles. The van der Waals surface area contributed by atoms with Gasteiger partial charge in [-0.3, -0.25) is 0 Å². The molecule has 0 aliphatic heterocycles. The van der Waals surface area contributed by atoms with E-state index in [1.54, 1.807) is 0 Å². The van der Waals surface area contributed by atoms with Crippen molar-refractivity contribution in [1.82, 2.24) is 0 Å². The molecule has 0 fully saturated rings. The molecule has 0 saturated carbocycles. The molecular weight excluding hydrogens is 321 g/mol. The summed E-state index contributed by atoms with van der Waals surface area (Å²) >= 11 is -1.75. The average Bonchev–Trinajstić information content (AvgIpc) is 1.33. The second-order valence-electron chi connectivity index (χ2n) is 0.346. The van der Waals surface area contributed by atoms with Gasteiger partial charge in [0.25, 0.3) is 0 Å². The molecule has 0 bridgehead atoms. The second-order valence-corrected chi connectivity index (χ2v) is 1.04. The van der Waals surface area contributed by atoms with Crippen LogP contribution in [-0.4, -0.2) is 24.7 Å². The van der Waals surface area contributed by atoms with Gasteiger partial charge < -0.3 is 18.3 Å². The van der Waals surface area contributed by atoms with Crippen LogP contribution in [0.25, 0.3) is 0 Å². The van der Waals surface area contributed by atoms with E-state index in [2.05, 4.69) is 0 Å². The zero-order valence-electron chi connectivity index (χ0n) is 12.1. The average molecular weight is 324 g/mol. The monoisotopic (exact) mass is 324 g/mol. The van der Waals surface area contributed by atoms with Crippen LogP contribution < -0.4 is 257 Å². The standard InChI is InChI=1S/Al.3K.3Na.O3Si.2O.3H/c;;;;;;;1-4(2)3;;;;;/q;6*+1;-2;;4*-1. The molecule has 13 heavy (non-hydrogen) atoms. The van der Waals surface area contributed by atoms with Gasteiger partial charge in [-0.25, -0.2) is 0 Å². The van der Waals surface area contributed by atoms with Crippen molar-refractivity contribution >= 4 is 24.7 Å². The van der Waals surface area contributed by atoms with Crippen LogP contribution in [0.5, 0.6) is 0 Å². The molecule has 13 heteroatoms. The van der Waals surface area contributed by atoms with E-state index in [9.17, 15) is 0 Å². The van der Waals surface area contributed by atoms with Gasteiger partial charge in [0.15, 0.2) is 0 Å². The zero-order chi connectivity index (χ0) is 6.28. The third kappa shape index (κ3) is 105. The molecule has 0 spiro atoms. The van der Waals surface area contributed by atoms with E-state index in [0.717, 1.165) is 0 Å². The molecule has 0 N–H and O–H groups in total. The van der Waals surface area contributed by atoms with E-state index in [-0.39, 0.29) is 247 Å². The fourth-order valence-corrected chi connectivity index (χ4v) is 0. The Bertz CT molecular complexity index is 85.2. The molecule has 46 valence electrons. The number of rotatable bonds is 0. The van der Waals surface area contributed by atoms with Gasteiger partial charge in [-0.15, -0.1) is 0 Å². The van der Waals surface area contributed by atoms with Gasteiger partial charge in [0.1, 0.15) is 0 Å². The van der Waals surface area contributed by atoms with E-state index in [1.807, 2.05) is 0 Å². The van der Waals surface area contributed by atoms with Gasteiger partial charge in [-0.1, -0.05) is 0 Å². The van der Waals surface area contributed by atoms with Crippen LogP contribution in [0.3, 0.4) is 0 Å². The number of hydrogen-bond donors (Lipinski definition) is 0. The minimum atomic E-state index is -3.63. The van der Waals surface area contributed by atoms with E-state index in [4.69, 9.17) is 22.0 Å². The van der Waals surface area contributed by atoms with Crippen molar-refractivity contribution in [2.24, 2.45) is 0 Å². The molecule has 0 atom stereocenters. The first-order valence-corrected chi connectivity index (χ1v) is 3.25. The van der Waals surface area contributed by atoms with Gasteiger partial charge in [0.2, 0.25) is 0 Å². The first kappa shape index (κ1) is 49.8. The topological polar surface area (TPSA) is 103 Å². The Morgan fingerprint density at radius 1 is 1.00 bits per heavy atom. The van der Waals surface area contributed by atoms with Crippen molar-refractivity contribution in [3.05, 3.63) is 0 Å². The quantitative estimate of drug-likeness (QED) is 0.412. The van der Waals surface area contributed by atoms with Gasteiger partial charge in [0, 0.05) is 9.17 Å². The van der Waals surface area contributed by atoms with Crippen LogP contribution in [0.1, 0.15) is 4.28 Å². The molecular formula is H3AlK3Na3O5Si. The summed E-state index contributed by atoms with van der Waals surface area (Å²) in [5.74, 6) is 0. The van der Waals surface area contributed by atoms with E-state index >= 15 is 0 Å². The molecule has 5 nitrogen and oxygen atoms in total. The van der Waals surface area contributed by atoms with Crippen molar-refractivity contribution in [3.63, 3.8) is 0 Å². The maximum absolute atomic E-state index is 8.52. The first-order valence-electron chi connectivity index (χ1n) is 1.08. The van der Waals surface area contributed by atoms with Gasteiger partial charge in [0.05, 0.1) is 0 Å². The maximum atomic E-state index is 8.52. The molecule has 0 unspecified atom stereocenters. The molecule has 0 aliphatic rings. The predicted molar refractivity (Wildman–Crippen MR) is 16.2 cm³/mol. The summed E-state index contributed by atoms with van der Waals surface area (Å²) in [4.78, 5) is 17.0. The summed E-state index contributed by atoms with van der Waals surface area (Å²) < 4.78 is 25.4. The number of hydrogen-bond acceptors (Lipinski definition) is 5. The van der Waals surface area contributed by atoms with Crippen molar-refractivity contribution in [3.8, 4) is 0 Å². The Kier molecular flexibility index (Phi) is 193. The van der Waals surface area contributed by atoms with Crippen molar-refractivity contribution in [1.29, 1.82) is 0 Å². The fraction of sp³-hybridized carbons (Fsp3) is 0. The molecule has 0 amide bonds. The Labute approximate surface area is 284 Å². The normalized spacial score (nSPS) is 2.46. The van der Waals surface area contributed by atoms with E-state index in [1.165, 1.54) is 0 Å². The van der Waals surface area contributed by atoms with Crippen LogP contribution in [0.4, 0.5) is 0 Å². The van der Waals surface area contributed by atoms with Gasteiger partial charge in [-0.05, 0) is 0 Å². The summed E-state index contributed by atoms with van der Waals surface area (Å²) in [6.45, 7) is 0. The third-order valence-corrected chi connectivity index (χ3v) is 0. The van der Waals surface area contributed by atoms with E-state index in [0.29, 0.717) is 0 Å². The molecule has 0 radical (unpaired) electrons. The van der Waals surface area contributed by atoms with Crippen LogP contribution in [0.15, 0.2) is 0 Å². The summed E-state index contributed by atoms with van der Waals surface area (Å²) in [5.41, 5.74) is 0. The van der Waals surface area contributed by atoms with Crippen LogP contribution in [-0.2, 0) is 8.27 Å². The SMILES string of the molecule is O=[Si]([O-])[O-].[H-].[H-].[H-].[K+].[K+].[K+].[Na+].[Na+].[Na+].[O]=[Al][O-]. The minimum absolute atomic E-state index is 0. The summed E-state index contributed by atoms with van der Waals surface area (Å²) in [6.07, 6.45) is 0. The van der Waals surface area contributed by atoms with Gasteiger partial charge in [-0.2, -0.15) is 0 Å². The van der Waals surface area contributed by atoms with Crippen molar-refractivity contribution in [2.75, 3.05) is 0 Å².